The second-order valence-electron chi connectivity index (χ2n) is 9.17. The second kappa shape index (κ2) is 11.7. The number of urea groups is 1. The van der Waals surface area contributed by atoms with Gasteiger partial charge in [0, 0.05) is 55.3 Å². The van der Waals surface area contributed by atoms with E-state index in [1.165, 1.54) is 0 Å². The number of carbonyl (C=O) groups excluding carboxylic acids is 2. The minimum Gasteiger partial charge on any atom is -0.472 e. The van der Waals surface area contributed by atoms with Crippen molar-refractivity contribution in [3.8, 4) is 17.7 Å². The van der Waals surface area contributed by atoms with Gasteiger partial charge >= 0.3 is 6.03 Å². The molecular formula is C26H33N5O4. The third-order valence-corrected chi connectivity index (χ3v) is 5.77. The van der Waals surface area contributed by atoms with Crippen molar-refractivity contribution in [3.63, 3.8) is 0 Å². The third kappa shape index (κ3) is 6.70. The van der Waals surface area contributed by atoms with Crippen LogP contribution in [0.2, 0.25) is 0 Å². The van der Waals surface area contributed by atoms with E-state index >= 15 is 0 Å². The van der Waals surface area contributed by atoms with Crippen LogP contribution in [0.3, 0.4) is 0 Å². The number of aromatic nitrogens is 2. The highest BCUT2D eigenvalue weighted by Crippen LogP contribution is 2.27. The third-order valence-electron chi connectivity index (χ3n) is 5.77. The van der Waals surface area contributed by atoms with Gasteiger partial charge in [-0.3, -0.25) is 9.78 Å². The Bertz CT molecular complexity index is 1100. The number of carbonyl (C=O) groups is 2. The fraction of sp³-hybridized carbons (Fsp3) is 0.462. The van der Waals surface area contributed by atoms with Crippen LogP contribution in [0.4, 0.5) is 4.79 Å². The number of nitrogens with zero attached hydrogens (tertiary/aromatic N) is 4. The number of pyridine rings is 2. The number of aliphatic hydroxyl groups excluding tert-OH is 1. The molecule has 0 bridgehead atoms. The number of nitrogens with one attached hydrogen (secondary N) is 1. The molecule has 1 aliphatic rings. The normalized spacial score (nSPS) is 18.4. The molecule has 0 saturated heterocycles. The fourth-order valence-electron chi connectivity index (χ4n) is 3.68. The lowest BCUT2D eigenvalue weighted by Gasteiger charge is -2.37. The Hall–Kier alpha value is -3.64. The van der Waals surface area contributed by atoms with E-state index in [2.05, 4.69) is 27.1 Å². The quantitative estimate of drug-likeness (QED) is 0.637. The summed E-state index contributed by atoms with van der Waals surface area (Å²) in [6.07, 6.45) is 4.47. The first-order valence-corrected chi connectivity index (χ1v) is 11.7. The lowest BCUT2D eigenvalue weighted by molar-refractivity contribution is 0.0351. The number of hydrogen-bond donors (Lipinski definition) is 2. The van der Waals surface area contributed by atoms with Crippen LogP contribution in [-0.4, -0.2) is 81.7 Å². The van der Waals surface area contributed by atoms with E-state index in [0.29, 0.717) is 18.7 Å². The SMILES string of the molecule is CC(C)NC(=O)N(C)C[C@H]1Oc2ncc(C#Cc3ccncc3)cc2C(=O)N([C@H](C)CO)C[C@H]1C. The molecule has 0 radical (unpaired) electrons. The average Bonchev–Trinajstić information content (AvgIpc) is 2.84. The number of fused-ring (bicyclic) bond motifs is 1. The zero-order chi connectivity index (χ0) is 25.5. The first kappa shape index (κ1) is 26.0. The van der Waals surface area contributed by atoms with Gasteiger partial charge in [-0.25, -0.2) is 9.78 Å². The maximum atomic E-state index is 13.5. The van der Waals surface area contributed by atoms with E-state index in [4.69, 9.17) is 4.74 Å². The highest BCUT2D eigenvalue weighted by molar-refractivity contribution is 5.97. The molecular weight excluding hydrogens is 446 g/mol. The van der Waals surface area contributed by atoms with Gasteiger partial charge in [0.2, 0.25) is 5.88 Å². The van der Waals surface area contributed by atoms with E-state index in [1.54, 1.807) is 60.6 Å². The van der Waals surface area contributed by atoms with Gasteiger partial charge in [0.15, 0.2) is 0 Å². The van der Waals surface area contributed by atoms with Gasteiger partial charge in [-0.1, -0.05) is 18.8 Å². The number of likely N-dealkylation sites (N-methyl/N-ethyl adjacent to an activating group) is 1. The van der Waals surface area contributed by atoms with Crippen molar-refractivity contribution in [2.45, 2.75) is 45.9 Å². The van der Waals surface area contributed by atoms with Crippen molar-refractivity contribution in [1.29, 1.82) is 0 Å². The molecule has 0 aromatic carbocycles. The fourth-order valence-corrected chi connectivity index (χ4v) is 3.68. The molecule has 2 aromatic heterocycles. The van der Waals surface area contributed by atoms with Crippen LogP contribution in [-0.2, 0) is 0 Å². The van der Waals surface area contributed by atoms with Crippen LogP contribution >= 0.6 is 0 Å². The maximum absolute atomic E-state index is 13.5. The molecule has 0 spiro atoms. The lowest BCUT2D eigenvalue weighted by atomic mass is 10.00. The molecule has 1 aliphatic heterocycles. The largest absolute Gasteiger partial charge is 0.472 e. The number of aliphatic hydroxyl groups is 1. The zero-order valence-corrected chi connectivity index (χ0v) is 20.9. The van der Waals surface area contributed by atoms with Crippen LogP contribution < -0.4 is 10.1 Å². The molecule has 3 atom stereocenters. The first-order valence-electron chi connectivity index (χ1n) is 11.7. The van der Waals surface area contributed by atoms with Gasteiger partial charge < -0.3 is 25.0 Å². The summed E-state index contributed by atoms with van der Waals surface area (Å²) < 4.78 is 6.23. The van der Waals surface area contributed by atoms with Gasteiger partial charge in [-0.05, 0) is 39.0 Å². The lowest BCUT2D eigenvalue weighted by Crippen LogP contribution is -2.51. The minimum absolute atomic E-state index is 0.00761. The standard InChI is InChI=1S/C26H33N5O4/c1-17(2)29-26(34)30(5)15-23-18(3)14-31(19(4)16-32)25(33)22-12-21(13-28-24(22)35-23)7-6-20-8-10-27-11-9-20/h8-13,17-19,23,32H,14-16H2,1-5H3,(H,29,34)/t18-,19-,23-/m1/s1. The summed E-state index contributed by atoms with van der Waals surface area (Å²) in [5.74, 6) is 5.86. The molecule has 9 nitrogen and oxygen atoms in total. The molecule has 35 heavy (non-hydrogen) atoms. The number of rotatable bonds is 5. The summed E-state index contributed by atoms with van der Waals surface area (Å²) in [6, 6.07) is 4.66. The maximum Gasteiger partial charge on any atom is 0.317 e. The van der Waals surface area contributed by atoms with E-state index in [1.807, 2.05) is 20.8 Å². The van der Waals surface area contributed by atoms with Crippen molar-refractivity contribution in [2.75, 3.05) is 26.7 Å². The van der Waals surface area contributed by atoms with Gasteiger partial charge in [0.1, 0.15) is 11.7 Å². The summed E-state index contributed by atoms with van der Waals surface area (Å²) in [6.45, 7) is 8.04. The van der Waals surface area contributed by atoms with Crippen molar-refractivity contribution in [3.05, 3.63) is 53.5 Å². The Kier molecular flexibility index (Phi) is 8.66. The van der Waals surface area contributed by atoms with Gasteiger partial charge in [-0.15, -0.1) is 0 Å². The van der Waals surface area contributed by atoms with Crippen LogP contribution in [0.5, 0.6) is 5.88 Å². The Morgan fingerprint density at radius 3 is 2.63 bits per heavy atom. The zero-order valence-electron chi connectivity index (χ0n) is 20.9. The molecule has 0 saturated carbocycles. The number of hydrogen-bond acceptors (Lipinski definition) is 6. The number of amides is 3. The molecule has 2 aromatic rings. The Labute approximate surface area is 206 Å². The second-order valence-corrected chi connectivity index (χ2v) is 9.17. The summed E-state index contributed by atoms with van der Waals surface area (Å²) in [7, 11) is 1.71. The van der Waals surface area contributed by atoms with Gasteiger partial charge in [-0.2, -0.15) is 0 Å². The van der Waals surface area contributed by atoms with E-state index in [-0.39, 0.29) is 41.9 Å². The minimum atomic E-state index is -0.417. The van der Waals surface area contributed by atoms with Crippen molar-refractivity contribution in [1.82, 2.24) is 25.1 Å². The summed E-state index contributed by atoms with van der Waals surface area (Å²) in [4.78, 5) is 37.6. The van der Waals surface area contributed by atoms with Crippen molar-refractivity contribution < 1.29 is 19.4 Å². The Morgan fingerprint density at radius 2 is 1.97 bits per heavy atom. The predicted octanol–water partition coefficient (Wildman–Crippen LogP) is 2.15. The van der Waals surface area contributed by atoms with E-state index < -0.39 is 12.1 Å². The summed E-state index contributed by atoms with van der Waals surface area (Å²) in [5.41, 5.74) is 1.63. The topological polar surface area (TPSA) is 108 Å². The molecule has 186 valence electrons. The highest BCUT2D eigenvalue weighted by atomic mass is 16.5. The van der Waals surface area contributed by atoms with E-state index in [0.717, 1.165) is 5.56 Å². The monoisotopic (exact) mass is 479 g/mol. The van der Waals surface area contributed by atoms with E-state index in [9.17, 15) is 14.7 Å². The smallest absolute Gasteiger partial charge is 0.317 e. The molecule has 3 heterocycles. The van der Waals surface area contributed by atoms with Crippen LogP contribution in [0.15, 0.2) is 36.8 Å². The summed E-state index contributed by atoms with van der Waals surface area (Å²) >= 11 is 0. The molecule has 0 aliphatic carbocycles. The molecule has 3 rings (SSSR count). The predicted molar refractivity (Wildman–Crippen MR) is 132 cm³/mol. The molecule has 0 unspecified atom stereocenters. The molecule has 2 N–H and O–H groups in total. The Balaban J connectivity index is 1.95. The van der Waals surface area contributed by atoms with Crippen LogP contribution in [0, 0.1) is 17.8 Å². The first-order chi connectivity index (χ1) is 16.7. The van der Waals surface area contributed by atoms with Crippen molar-refractivity contribution in [2.24, 2.45) is 5.92 Å². The summed E-state index contributed by atoms with van der Waals surface area (Å²) in [5, 5.41) is 12.7. The Morgan fingerprint density at radius 1 is 1.29 bits per heavy atom. The number of ether oxygens (including phenoxy) is 1. The highest BCUT2D eigenvalue weighted by Gasteiger charge is 2.34. The van der Waals surface area contributed by atoms with Crippen LogP contribution in [0.25, 0.3) is 0 Å². The van der Waals surface area contributed by atoms with Gasteiger partial charge in [0.05, 0.1) is 19.2 Å². The average molecular weight is 480 g/mol. The molecule has 9 heteroatoms. The van der Waals surface area contributed by atoms with Crippen LogP contribution in [0.1, 0.15) is 49.2 Å². The van der Waals surface area contributed by atoms with Crippen molar-refractivity contribution >= 4 is 11.9 Å². The molecule has 3 amide bonds. The molecule has 0 fully saturated rings. The van der Waals surface area contributed by atoms with Gasteiger partial charge in [0.25, 0.3) is 5.91 Å².